The van der Waals surface area contributed by atoms with Gasteiger partial charge in [-0.3, -0.25) is 4.79 Å². The lowest BCUT2D eigenvalue weighted by Gasteiger charge is -2.12. The highest BCUT2D eigenvalue weighted by Crippen LogP contribution is 2.22. The molecule has 2 nitrogen and oxygen atoms in total. The highest BCUT2D eigenvalue weighted by atomic mass is 16.1. The summed E-state index contributed by atoms with van der Waals surface area (Å²) in [7, 11) is 0. The first-order chi connectivity index (χ1) is 7.54. The summed E-state index contributed by atoms with van der Waals surface area (Å²) in [5.41, 5.74) is 3.48. The van der Waals surface area contributed by atoms with Crippen molar-refractivity contribution in [3.8, 4) is 0 Å². The smallest absolute Gasteiger partial charge is 0.224 e. The van der Waals surface area contributed by atoms with Crippen molar-refractivity contribution in [2.24, 2.45) is 0 Å². The van der Waals surface area contributed by atoms with Crippen LogP contribution in [0.2, 0.25) is 0 Å². The zero-order valence-corrected chi connectivity index (χ0v) is 10.6. The summed E-state index contributed by atoms with van der Waals surface area (Å²) < 4.78 is 0. The molecule has 0 unspecified atom stereocenters. The van der Waals surface area contributed by atoms with E-state index in [9.17, 15) is 4.79 Å². The van der Waals surface area contributed by atoms with Gasteiger partial charge in [0.1, 0.15) is 0 Å². The van der Waals surface area contributed by atoms with Gasteiger partial charge in [-0.2, -0.15) is 0 Å². The molecule has 1 aromatic rings. The first-order valence-corrected chi connectivity index (χ1v) is 5.95. The van der Waals surface area contributed by atoms with E-state index in [1.54, 1.807) is 0 Å². The molecule has 0 radical (unpaired) electrons. The summed E-state index contributed by atoms with van der Waals surface area (Å²) in [5, 5.41) is 2.91. The monoisotopic (exact) mass is 221 g/mol. The molecule has 90 valence electrons. The second-order valence-electron chi connectivity index (χ2n) is 4.52. The van der Waals surface area contributed by atoms with Gasteiger partial charge in [-0.05, 0) is 42.5 Å². The third-order valence-corrected chi connectivity index (χ3v) is 2.65. The molecule has 16 heavy (non-hydrogen) atoms. The minimum Gasteiger partial charge on any atom is -0.326 e. The number of aryl methyl sites for hydroxylation is 1. The number of hydrogen-bond donors (Lipinski definition) is 1. The van der Waals surface area contributed by atoms with Crippen molar-refractivity contribution < 1.29 is 6.22 Å². The van der Waals surface area contributed by atoms with Crippen molar-refractivity contribution >= 4 is 11.6 Å². The van der Waals surface area contributed by atoms with Gasteiger partial charge < -0.3 is 5.32 Å². The van der Waals surface area contributed by atoms with Gasteiger partial charge in [0.25, 0.3) is 0 Å². The Morgan fingerprint density at radius 3 is 2.62 bits per heavy atom. The van der Waals surface area contributed by atoms with E-state index in [2.05, 4.69) is 32.2 Å². The summed E-state index contributed by atoms with van der Waals surface area (Å²) in [6.45, 7) is 8.45. The van der Waals surface area contributed by atoms with Gasteiger partial charge >= 0.3 is 0 Å². The summed E-state index contributed by atoms with van der Waals surface area (Å²) in [5.74, 6) is 0.625. The van der Waals surface area contributed by atoms with Gasteiger partial charge in [0.2, 0.25) is 5.91 Å². The standard InChI is InChI=1S/C14H21NO.H2/c1-5-6-14(16)15-12-7-8-13(10(2)3)11(4)9-12;/h7-10H,5-6H2,1-4H3,(H,15,16);1H. The zero-order valence-electron chi connectivity index (χ0n) is 10.6. The molecule has 0 atom stereocenters. The molecule has 0 aromatic heterocycles. The average molecular weight is 221 g/mol. The fourth-order valence-electron chi connectivity index (χ4n) is 1.85. The second-order valence-corrected chi connectivity index (χ2v) is 4.52. The molecule has 0 saturated carbocycles. The lowest BCUT2D eigenvalue weighted by atomic mass is 9.98. The van der Waals surface area contributed by atoms with E-state index in [1.165, 1.54) is 11.1 Å². The number of nitrogens with one attached hydrogen (secondary N) is 1. The summed E-state index contributed by atoms with van der Waals surface area (Å²) >= 11 is 0. The molecule has 0 aliphatic carbocycles. The van der Waals surface area contributed by atoms with Crippen molar-refractivity contribution in [1.29, 1.82) is 0 Å². The Morgan fingerprint density at radius 2 is 2.12 bits per heavy atom. The highest BCUT2D eigenvalue weighted by molar-refractivity contribution is 5.90. The Morgan fingerprint density at radius 1 is 1.44 bits per heavy atom. The molecular formula is C14H23NO. The Hall–Kier alpha value is -1.31. The minimum atomic E-state index is 0. The minimum absolute atomic E-state index is 0. The van der Waals surface area contributed by atoms with E-state index in [-0.39, 0.29) is 7.33 Å². The molecule has 1 rings (SSSR count). The summed E-state index contributed by atoms with van der Waals surface area (Å²) in [6.07, 6.45) is 1.47. The Balaban J connectivity index is 0.00000256. The van der Waals surface area contributed by atoms with Crippen molar-refractivity contribution in [3.63, 3.8) is 0 Å². The van der Waals surface area contributed by atoms with Crippen LogP contribution in [0.5, 0.6) is 0 Å². The van der Waals surface area contributed by atoms with Crippen LogP contribution in [-0.4, -0.2) is 5.91 Å². The zero-order chi connectivity index (χ0) is 12.1. The third-order valence-electron chi connectivity index (χ3n) is 2.65. The molecule has 0 saturated heterocycles. The first-order valence-electron chi connectivity index (χ1n) is 5.95. The van der Waals surface area contributed by atoms with Crippen LogP contribution in [0.1, 0.15) is 52.1 Å². The Kier molecular flexibility index (Phi) is 4.53. The van der Waals surface area contributed by atoms with Gasteiger partial charge in [-0.15, -0.1) is 0 Å². The number of rotatable bonds is 4. The number of hydrogen-bond acceptors (Lipinski definition) is 1. The number of anilines is 1. The van der Waals surface area contributed by atoms with Crippen LogP contribution >= 0.6 is 0 Å². The molecular weight excluding hydrogens is 198 g/mol. The molecule has 0 aliphatic rings. The lowest BCUT2D eigenvalue weighted by Crippen LogP contribution is -2.10. The molecule has 2 heteroatoms. The topological polar surface area (TPSA) is 29.1 Å². The summed E-state index contributed by atoms with van der Waals surface area (Å²) in [6, 6.07) is 6.13. The van der Waals surface area contributed by atoms with Gasteiger partial charge in [-0.1, -0.05) is 26.8 Å². The van der Waals surface area contributed by atoms with E-state index >= 15 is 0 Å². The number of carbonyl (C=O) groups excluding carboxylic acids is 1. The fourth-order valence-corrected chi connectivity index (χ4v) is 1.85. The Bertz CT molecular complexity index is 374. The third kappa shape index (κ3) is 3.37. The molecule has 0 bridgehead atoms. The Labute approximate surface area is 99.5 Å². The quantitative estimate of drug-likeness (QED) is 0.814. The maximum Gasteiger partial charge on any atom is 0.224 e. The van der Waals surface area contributed by atoms with Crippen molar-refractivity contribution in [1.82, 2.24) is 0 Å². The predicted molar refractivity (Wildman–Crippen MR) is 70.9 cm³/mol. The first kappa shape index (κ1) is 12.8. The number of carbonyl (C=O) groups is 1. The number of amides is 1. The van der Waals surface area contributed by atoms with Gasteiger partial charge in [0, 0.05) is 13.5 Å². The SMILES string of the molecule is CCCC(=O)Nc1ccc(C(C)C)c(C)c1.[HH]. The maximum atomic E-state index is 11.4. The number of benzene rings is 1. The normalized spacial score (nSPS) is 10.6. The fraction of sp³-hybridized carbons (Fsp3) is 0.500. The van der Waals surface area contributed by atoms with E-state index in [0.29, 0.717) is 12.3 Å². The van der Waals surface area contributed by atoms with Crippen LogP contribution in [0.3, 0.4) is 0 Å². The van der Waals surface area contributed by atoms with Crippen LogP contribution in [0.25, 0.3) is 0 Å². The molecule has 0 heterocycles. The van der Waals surface area contributed by atoms with E-state index in [1.807, 2.05) is 19.1 Å². The van der Waals surface area contributed by atoms with Crippen LogP contribution in [0.15, 0.2) is 18.2 Å². The van der Waals surface area contributed by atoms with Crippen molar-refractivity contribution in [3.05, 3.63) is 29.3 Å². The van der Waals surface area contributed by atoms with Gasteiger partial charge in [0.05, 0.1) is 0 Å². The van der Waals surface area contributed by atoms with Gasteiger partial charge in [-0.25, -0.2) is 0 Å². The van der Waals surface area contributed by atoms with E-state index < -0.39 is 0 Å². The predicted octanol–water partition coefficient (Wildman–Crippen LogP) is 4.10. The van der Waals surface area contributed by atoms with Gasteiger partial charge in [0.15, 0.2) is 0 Å². The van der Waals surface area contributed by atoms with Crippen molar-refractivity contribution in [2.45, 2.75) is 46.5 Å². The molecule has 1 amide bonds. The van der Waals surface area contributed by atoms with E-state index in [4.69, 9.17) is 0 Å². The molecule has 0 aliphatic heterocycles. The average Bonchev–Trinajstić information content (AvgIpc) is 2.17. The maximum absolute atomic E-state index is 11.4. The summed E-state index contributed by atoms with van der Waals surface area (Å²) in [4.78, 5) is 11.4. The molecule has 0 spiro atoms. The molecule has 1 aromatic carbocycles. The largest absolute Gasteiger partial charge is 0.326 e. The highest BCUT2D eigenvalue weighted by Gasteiger charge is 2.05. The van der Waals surface area contributed by atoms with Crippen LogP contribution in [-0.2, 0) is 4.79 Å². The van der Waals surface area contributed by atoms with E-state index in [0.717, 1.165) is 12.1 Å². The van der Waals surface area contributed by atoms with Crippen molar-refractivity contribution in [2.75, 3.05) is 5.32 Å². The lowest BCUT2D eigenvalue weighted by molar-refractivity contribution is -0.116. The molecule has 0 fully saturated rings. The van der Waals surface area contributed by atoms with Crippen LogP contribution in [0.4, 0.5) is 5.69 Å². The second kappa shape index (κ2) is 5.69. The molecule has 1 N–H and O–H groups in total. The van der Waals surface area contributed by atoms with Crippen LogP contribution < -0.4 is 5.32 Å². The van der Waals surface area contributed by atoms with Crippen LogP contribution in [0, 0.1) is 6.92 Å².